The summed E-state index contributed by atoms with van der Waals surface area (Å²) in [4.78, 5) is 12.3. The van der Waals surface area contributed by atoms with Gasteiger partial charge >= 0.3 is 0 Å². The molecule has 0 bridgehead atoms. The van der Waals surface area contributed by atoms with Gasteiger partial charge in [-0.2, -0.15) is 0 Å². The van der Waals surface area contributed by atoms with Crippen LogP contribution in [0.1, 0.15) is 43.2 Å². The van der Waals surface area contributed by atoms with E-state index in [1.165, 1.54) is 42.4 Å². The monoisotopic (exact) mass is 284 g/mol. The molecule has 1 amide bonds. The number of nitrogens with one attached hydrogen (secondary N) is 2. The highest BCUT2D eigenvalue weighted by Crippen LogP contribution is 2.19. The minimum absolute atomic E-state index is 0.0831. The molecule has 2 N–H and O–H groups in total. The fraction of sp³-hybridized carbons (Fsp3) is 0.500. The highest BCUT2D eigenvalue weighted by molar-refractivity contribution is 5.82. The van der Waals surface area contributed by atoms with Crippen LogP contribution in [0.3, 0.4) is 0 Å². The molecule has 1 aliphatic carbocycles. The Morgan fingerprint density at radius 1 is 1.24 bits per heavy atom. The summed E-state index contributed by atoms with van der Waals surface area (Å²) in [5.41, 5.74) is 4.13. The third kappa shape index (κ3) is 3.73. The number of allylic oxidation sites excluding steroid dienone is 1. The lowest BCUT2D eigenvalue weighted by Gasteiger charge is -2.25. The summed E-state index contributed by atoms with van der Waals surface area (Å²) in [5, 5.41) is 6.43. The highest BCUT2D eigenvalue weighted by atomic mass is 16.2. The molecule has 1 heterocycles. The number of amides is 1. The number of hydrogen-bond donors (Lipinski definition) is 2. The molecule has 0 unspecified atom stereocenters. The van der Waals surface area contributed by atoms with E-state index in [1.807, 2.05) is 0 Å². The van der Waals surface area contributed by atoms with Crippen LogP contribution < -0.4 is 10.6 Å². The first-order valence-electron chi connectivity index (χ1n) is 8.09. The Hall–Kier alpha value is -1.61. The van der Waals surface area contributed by atoms with E-state index in [4.69, 9.17) is 0 Å². The topological polar surface area (TPSA) is 41.1 Å². The number of carbonyl (C=O) groups excluding carboxylic acids is 1. The number of fused-ring (bicyclic) bond motifs is 1. The molecule has 0 fully saturated rings. The summed E-state index contributed by atoms with van der Waals surface area (Å²) in [5.74, 6) is 0.140. The first-order valence-corrected chi connectivity index (χ1v) is 8.09. The molecule has 2 aliphatic rings. The van der Waals surface area contributed by atoms with Crippen LogP contribution in [0.15, 0.2) is 35.9 Å². The number of carbonyl (C=O) groups is 1. The van der Waals surface area contributed by atoms with Gasteiger partial charge in [-0.05, 0) is 49.7 Å². The van der Waals surface area contributed by atoms with Crippen LogP contribution in [-0.2, 0) is 17.8 Å². The summed E-state index contributed by atoms with van der Waals surface area (Å²) in [6, 6.07) is 8.28. The summed E-state index contributed by atoms with van der Waals surface area (Å²) < 4.78 is 0. The quantitative estimate of drug-likeness (QED) is 0.835. The number of rotatable bonds is 4. The van der Waals surface area contributed by atoms with Crippen LogP contribution in [0.25, 0.3) is 0 Å². The van der Waals surface area contributed by atoms with Gasteiger partial charge in [0.15, 0.2) is 0 Å². The van der Waals surface area contributed by atoms with E-state index in [9.17, 15) is 4.79 Å². The molecule has 3 nitrogen and oxygen atoms in total. The predicted octanol–water partition coefficient (Wildman–Crippen LogP) is 2.71. The van der Waals surface area contributed by atoms with Gasteiger partial charge in [-0.1, -0.05) is 35.9 Å². The van der Waals surface area contributed by atoms with Crippen LogP contribution in [0.2, 0.25) is 0 Å². The summed E-state index contributed by atoms with van der Waals surface area (Å²) in [7, 11) is 0. The van der Waals surface area contributed by atoms with E-state index >= 15 is 0 Å². The van der Waals surface area contributed by atoms with Gasteiger partial charge in [0.1, 0.15) is 0 Å². The molecule has 1 aromatic carbocycles. The maximum Gasteiger partial charge on any atom is 0.237 e. The Labute approximate surface area is 126 Å². The zero-order valence-corrected chi connectivity index (χ0v) is 12.5. The maximum atomic E-state index is 12.3. The Morgan fingerprint density at radius 3 is 2.90 bits per heavy atom. The molecule has 0 saturated heterocycles. The zero-order valence-electron chi connectivity index (χ0n) is 12.5. The van der Waals surface area contributed by atoms with Crippen molar-refractivity contribution in [1.82, 2.24) is 10.6 Å². The van der Waals surface area contributed by atoms with Crippen molar-refractivity contribution in [1.29, 1.82) is 0 Å². The minimum atomic E-state index is -0.0831. The fourth-order valence-electron chi connectivity index (χ4n) is 3.24. The Kier molecular flexibility index (Phi) is 4.71. The van der Waals surface area contributed by atoms with Gasteiger partial charge < -0.3 is 10.6 Å². The summed E-state index contributed by atoms with van der Waals surface area (Å²) in [6.07, 6.45) is 9.21. The van der Waals surface area contributed by atoms with Crippen molar-refractivity contribution in [3.05, 3.63) is 47.0 Å². The molecular weight excluding hydrogens is 260 g/mol. The Bertz CT molecular complexity index is 536. The summed E-state index contributed by atoms with van der Waals surface area (Å²) in [6.45, 7) is 1.56. The largest absolute Gasteiger partial charge is 0.354 e. The highest BCUT2D eigenvalue weighted by Gasteiger charge is 2.23. The van der Waals surface area contributed by atoms with Crippen molar-refractivity contribution < 1.29 is 4.79 Å². The van der Waals surface area contributed by atoms with Crippen LogP contribution >= 0.6 is 0 Å². The average Bonchev–Trinajstić information content (AvgIpc) is 2.55. The van der Waals surface area contributed by atoms with Crippen molar-refractivity contribution in [2.75, 3.05) is 6.54 Å². The van der Waals surface area contributed by atoms with Crippen LogP contribution in [0.4, 0.5) is 0 Å². The van der Waals surface area contributed by atoms with E-state index in [0.29, 0.717) is 0 Å². The van der Waals surface area contributed by atoms with Gasteiger partial charge in [0.25, 0.3) is 0 Å². The van der Waals surface area contributed by atoms with Gasteiger partial charge in [0.05, 0.1) is 6.04 Å². The molecule has 1 atom stereocenters. The van der Waals surface area contributed by atoms with E-state index in [1.54, 1.807) is 0 Å². The van der Waals surface area contributed by atoms with E-state index in [0.717, 1.165) is 25.9 Å². The number of hydrogen-bond acceptors (Lipinski definition) is 2. The Balaban J connectivity index is 1.47. The lowest BCUT2D eigenvalue weighted by atomic mass is 9.95. The van der Waals surface area contributed by atoms with Crippen molar-refractivity contribution in [3.8, 4) is 0 Å². The van der Waals surface area contributed by atoms with Gasteiger partial charge in [-0.15, -0.1) is 0 Å². The molecule has 0 saturated carbocycles. The molecule has 0 radical (unpaired) electrons. The standard InChI is InChI=1S/C18H24N2O/c21-18(19-11-10-14-6-2-1-3-7-14)17-12-15-8-4-5-9-16(15)13-20-17/h4-6,8-9,17,20H,1-3,7,10-13H2,(H,19,21)/t17-/m1/s1. The molecule has 1 aliphatic heterocycles. The second-order valence-corrected chi connectivity index (χ2v) is 6.06. The third-order valence-electron chi connectivity index (χ3n) is 4.53. The molecular formula is C18H24N2O. The first-order chi connectivity index (χ1) is 10.3. The predicted molar refractivity (Wildman–Crippen MR) is 85.0 cm³/mol. The molecule has 0 spiro atoms. The Morgan fingerprint density at radius 2 is 2.10 bits per heavy atom. The van der Waals surface area contributed by atoms with Crippen LogP contribution in [0, 0.1) is 0 Å². The molecule has 21 heavy (non-hydrogen) atoms. The first kappa shape index (κ1) is 14.3. The molecule has 3 heteroatoms. The van der Waals surface area contributed by atoms with Gasteiger partial charge in [-0.3, -0.25) is 4.79 Å². The van der Waals surface area contributed by atoms with Crippen LogP contribution in [0.5, 0.6) is 0 Å². The van der Waals surface area contributed by atoms with Crippen molar-refractivity contribution in [2.24, 2.45) is 0 Å². The van der Waals surface area contributed by atoms with Gasteiger partial charge in [-0.25, -0.2) is 0 Å². The second kappa shape index (κ2) is 6.90. The summed E-state index contributed by atoms with van der Waals surface area (Å²) >= 11 is 0. The van der Waals surface area contributed by atoms with Crippen LogP contribution in [-0.4, -0.2) is 18.5 Å². The van der Waals surface area contributed by atoms with Gasteiger partial charge in [0, 0.05) is 13.1 Å². The second-order valence-electron chi connectivity index (χ2n) is 6.06. The zero-order chi connectivity index (χ0) is 14.5. The van der Waals surface area contributed by atoms with E-state index in [-0.39, 0.29) is 11.9 Å². The third-order valence-corrected chi connectivity index (χ3v) is 4.53. The average molecular weight is 284 g/mol. The van der Waals surface area contributed by atoms with Crippen molar-refractivity contribution >= 4 is 5.91 Å². The molecule has 0 aromatic heterocycles. The molecule has 1 aromatic rings. The maximum absolute atomic E-state index is 12.3. The molecule has 112 valence electrons. The van der Waals surface area contributed by atoms with Gasteiger partial charge in [0.2, 0.25) is 5.91 Å². The van der Waals surface area contributed by atoms with Crippen molar-refractivity contribution in [3.63, 3.8) is 0 Å². The lowest BCUT2D eigenvalue weighted by molar-refractivity contribution is -0.123. The fourth-order valence-corrected chi connectivity index (χ4v) is 3.24. The van der Waals surface area contributed by atoms with E-state index in [2.05, 4.69) is 41.0 Å². The lowest BCUT2D eigenvalue weighted by Crippen LogP contribution is -2.47. The van der Waals surface area contributed by atoms with E-state index < -0.39 is 0 Å². The molecule has 3 rings (SSSR count). The SMILES string of the molecule is O=C(NCCC1=CCCCC1)[C@H]1Cc2ccccc2CN1. The minimum Gasteiger partial charge on any atom is -0.354 e. The number of benzene rings is 1. The smallest absolute Gasteiger partial charge is 0.237 e. The van der Waals surface area contributed by atoms with Crippen molar-refractivity contribution in [2.45, 2.75) is 51.1 Å². The normalized spacial score (nSPS) is 21.3.